The molecule has 2 saturated heterocycles. The Labute approximate surface area is 284 Å². The number of β-amino-alcohol motifs (C(OH)–C–C–N with tert-alkyl or cyclic N) is 1. The number of terminal acetylenes is 1. The molecule has 9 nitrogen and oxygen atoms in total. The summed E-state index contributed by atoms with van der Waals surface area (Å²) in [7, 11) is 0. The van der Waals surface area contributed by atoms with Crippen LogP contribution in [0.5, 0.6) is 11.8 Å². The zero-order chi connectivity index (χ0) is 33.9. The van der Waals surface area contributed by atoms with Crippen LogP contribution in [-0.4, -0.2) is 87.7 Å². The van der Waals surface area contributed by atoms with E-state index >= 15 is 4.39 Å². The predicted molar refractivity (Wildman–Crippen MR) is 183 cm³/mol. The number of pyridine rings is 1. The molecule has 4 heterocycles. The van der Waals surface area contributed by atoms with Crippen molar-refractivity contribution in [1.29, 1.82) is 0 Å². The van der Waals surface area contributed by atoms with E-state index in [4.69, 9.17) is 20.9 Å². The molecule has 2 N–H and O–H groups in total. The molecule has 0 amide bonds. The Bertz CT molecular complexity index is 1980. The summed E-state index contributed by atoms with van der Waals surface area (Å²) in [5.74, 6) is 2.00. The highest BCUT2D eigenvalue weighted by Gasteiger charge is 2.49. The van der Waals surface area contributed by atoms with E-state index in [1.165, 1.54) is 43.3 Å². The normalized spacial score (nSPS) is 26.1. The molecule has 11 heteroatoms. The van der Waals surface area contributed by atoms with E-state index in [9.17, 15) is 14.6 Å². The largest absolute Gasteiger partial charge is 0.508 e. The van der Waals surface area contributed by atoms with Crippen LogP contribution in [0, 0.1) is 35.3 Å². The van der Waals surface area contributed by atoms with Gasteiger partial charge in [0.1, 0.15) is 34.2 Å². The van der Waals surface area contributed by atoms with Crippen LogP contribution in [0.25, 0.3) is 32.9 Å². The van der Waals surface area contributed by atoms with E-state index in [0.717, 1.165) is 51.1 Å². The number of ether oxygens (including phenoxy) is 2. The molecule has 4 aliphatic rings. The van der Waals surface area contributed by atoms with Gasteiger partial charge in [-0.05, 0) is 81.5 Å². The third-order valence-electron chi connectivity index (χ3n) is 10.9. The average molecular weight is 670 g/mol. The van der Waals surface area contributed by atoms with Crippen LogP contribution in [0.3, 0.4) is 0 Å². The standard InChI is InChI=1S/C38H41F2N5O4/c1-3-26-29(39)10-9-24-16-25(46)17-27(31(24)26)33-32(40)34-28(18-41-33)35(45-14-15-48-21-37(2,47)20-45)43-36(42-34)49-22-38-11-4-6-30(38)44(13-5-12-38)19-23-7-8-23/h1,9-10,16-18,23,30,46-47H,4-8,11-15,19-22H2,2H3. The lowest BCUT2D eigenvalue weighted by Crippen LogP contribution is -2.52. The molecule has 2 aliphatic carbocycles. The first-order valence-corrected chi connectivity index (χ1v) is 17.4. The van der Waals surface area contributed by atoms with Crippen molar-refractivity contribution in [3.8, 4) is 35.4 Å². The number of aromatic hydroxyl groups is 1. The second-order valence-corrected chi connectivity index (χ2v) is 14.7. The average Bonchev–Trinajstić information content (AvgIpc) is 3.83. The third kappa shape index (κ3) is 5.94. The quantitative estimate of drug-likeness (QED) is 0.236. The molecular weight excluding hydrogens is 628 g/mol. The van der Waals surface area contributed by atoms with Gasteiger partial charge in [-0.25, -0.2) is 8.78 Å². The third-order valence-corrected chi connectivity index (χ3v) is 10.9. The maximum atomic E-state index is 17.0. The van der Waals surface area contributed by atoms with Crippen LogP contribution >= 0.6 is 0 Å². The number of phenols is 1. The number of halogens is 2. The molecule has 0 spiro atoms. The summed E-state index contributed by atoms with van der Waals surface area (Å²) < 4.78 is 44.0. The van der Waals surface area contributed by atoms with Gasteiger partial charge in [0.2, 0.25) is 0 Å². The molecule has 0 radical (unpaired) electrons. The van der Waals surface area contributed by atoms with Gasteiger partial charge in [0, 0.05) is 41.7 Å². The Kier molecular flexibility index (Phi) is 8.09. The summed E-state index contributed by atoms with van der Waals surface area (Å²) in [6.45, 7) is 5.44. The SMILES string of the molecule is C#Cc1c(F)ccc2cc(O)cc(-c3ncc4c(N5CCOCC(C)(O)C5)nc(OCC56CCCC5N(CC5CC5)CCC6)nc4c3F)c12. The summed E-state index contributed by atoms with van der Waals surface area (Å²) in [6, 6.07) is 5.97. The Morgan fingerprint density at radius 3 is 2.78 bits per heavy atom. The number of anilines is 1. The van der Waals surface area contributed by atoms with Gasteiger partial charge in [0.05, 0.1) is 37.3 Å². The monoisotopic (exact) mass is 669 g/mol. The fourth-order valence-electron chi connectivity index (χ4n) is 8.52. The second kappa shape index (κ2) is 12.3. The summed E-state index contributed by atoms with van der Waals surface area (Å²) in [6.07, 6.45) is 15.3. The first-order valence-electron chi connectivity index (χ1n) is 17.4. The van der Waals surface area contributed by atoms with Crippen molar-refractivity contribution in [3.05, 3.63) is 47.7 Å². The maximum Gasteiger partial charge on any atom is 0.319 e. The Morgan fingerprint density at radius 1 is 1.12 bits per heavy atom. The van der Waals surface area contributed by atoms with Crippen LogP contribution in [0.2, 0.25) is 0 Å². The minimum absolute atomic E-state index is 0.0239. The molecule has 49 heavy (non-hydrogen) atoms. The van der Waals surface area contributed by atoms with Crippen LogP contribution < -0.4 is 9.64 Å². The smallest absolute Gasteiger partial charge is 0.319 e. The molecule has 2 aliphatic heterocycles. The van der Waals surface area contributed by atoms with Crippen molar-refractivity contribution in [2.24, 2.45) is 11.3 Å². The lowest BCUT2D eigenvalue weighted by molar-refractivity contribution is -0.0123. The molecule has 2 aromatic carbocycles. The molecule has 256 valence electrons. The maximum absolute atomic E-state index is 17.0. The van der Waals surface area contributed by atoms with Crippen LogP contribution in [0.15, 0.2) is 30.5 Å². The van der Waals surface area contributed by atoms with Gasteiger partial charge in [0.15, 0.2) is 5.82 Å². The summed E-state index contributed by atoms with van der Waals surface area (Å²) in [5.41, 5.74) is -1.30. The highest BCUT2D eigenvalue weighted by Crippen LogP contribution is 2.49. The number of aliphatic hydroxyl groups is 1. The number of hydrogen-bond donors (Lipinski definition) is 2. The first kappa shape index (κ1) is 32.1. The lowest BCUT2D eigenvalue weighted by atomic mass is 9.75. The lowest BCUT2D eigenvalue weighted by Gasteiger charge is -2.46. The van der Waals surface area contributed by atoms with Crippen molar-refractivity contribution in [3.63, 3.8) is 0 Å². The highest BCUT2D eigenvalue weighted by molar-refractivity contribution is 6.03. The van der Waals surface area contributed by atoms with E-state index in [2.05, 4.69) is 20.8 Å². The zero-order valence-electron chi connectivity index (χ0n) is 27.7. The Balaban J connectivity index is 1.24. The minimum atomic E-state index is -1.18. The number of benzene rings is 2. The molecule has 8 rings (SSSR count). The molecule has 2 aromatic heterocycles. The van der Waals surface area contributed by atoms with Gasteiger partial charge in [-0.2, -0.15) is 9.97 Å². The minimum Gasteiger partial charge on any atom is -0.508 e. The van der Waals surface area contributed by atoms with Crippen LogP contribution in [0.1, 0.15) is 57.4 Å². The second-order valence-electron chi connectivity index (χ2n) is 14.7. The summed E-state index contributed by atoms with van der Waals surface area (Å²) in [4.78, 5) is 18.5. The van der Waals surface area contributed by atoms with E-state index in [-0.39, 0.29) is 58.1 Å². The number of likely N-dealkylation sites (tertiary alicyclic amines) is 1. The number of fused-ring (bicyclic) bond motifs is 3. The fourth-order valence-corrected chi connectivity index (χ4v) is 8.52. The number of rotatable bonds is 7. The number of piperidine rings is 1. The highest BCUT2D eigenvalue weighted by atomic mass is 19.1. The predicted octanol–water partition coefficient (Wildman–Crippen LogP) is 5.82. The topological polar surface area (TPSA) is 104 Å². The number of phenolic OH excluding ortho intramolecular Hbond substituents is 1. The van der Waals surface area contributed by atoms with E-state index in [1.807, 2.05) is 4.90 Å². The Hall–Kier alpha value is -4.11. The van der Waals surface area contributed by atoms with Gasteiger partial charge in [-0.15, -0.1) is 6.42 Å². The van der Waals surface area contributed by atoms with Crippen LogP contribution in [0.4, 0.5) is 14.6 Å². The zero-order valence-corrected chi connectivity index (χ0v) is 27.7. The first-order chi connectivity index (χ1) is 23.6. The molecular formula is C38H41F2N5O4. The van der Waals surface area contributed by atoms with Gasteiger partial charge >= 0.3 is 6.01 Å². The fraction of sp³-hybridized carbons (Fsp3) is 0.500. The van der Waals surface area contributed by atoms with Crippen molar-refractivity contribution in [1.82, 2.24) is 19.9 Å². The van der Waals surface area contributed by atoms with Gasteiger partial charge in [0.25, 0.3) is 0 Å². The van der Waals surface area contributed by atoms with Gasteiger partial charge < -0.3 is 24.6 Å². The van der Waals surface area contributed by atoms with Crippen molar-refractivity contribution in [2.45, 2.75) is 63.5 Å². The molecule has 4 fully saturated rings. The van der Waals surface area contributed by atoms with Gasteiger partial charge in [-0.3, -0.25) is 9.88 Å². The number of nitrogens with zero attached hydrogens (tertiary/aromatic N) is 5. The number of aromatic nitrogens is 3. The molecule has 3 atom stereocenters. The van der Waals surface area contributed by atoms with Gasteiger partial charge in [-0.1, -0.05) is 18.4 Å². The molecule has 3 unspecified atom stereocenters. The molecule has 4 aromatic rings. The summed E-state index contributed by atoms with van der Waals surface area (Å²) >= 11 is 0. The van der Waals surface area contributed by atoms with Crippen molar-refractivity contribution in [2.75, 3.05) is 50.9 Å². The van der Waals surface area contributed by atoms with E-state index < -0.39 is 17.2 Å². The number of hydrogen-bond acceptors (Lipinski definition) is 9. The Morgan fingerprint density at radius 2 is 1.96 bits per heavy atom. The van der Waals surface area contributed by atoms with Crippen molar-refractivity contribution >= 4 is 27.5 Å². The molecule has 0 bridgehead atoms. The van der Waals surface area contributed by atoms with Crippen LogP contribution in [-0.2, 0) is 4.74 Å². The van der Waals surface area contributed by atoms with Crippen molar-refractivity contribution < 1.29 is 28.5 Å². The van der Waals surface area contributed by atoms with E-state index in [0.29, 0.717) is 42.4 Å². The van der Waals surface area contributed by atoms with E-state index in [1.54, 1.807) is 6.92 Å². The summed E-state index contributed by atoms with van der Waals surface area (Å²) in [5, 5.41) is 22.7. The molecule has 2 saturated carbocycles.